The number of halogens is 1. The van der Waals surface area contributed by atoms with E-state index in [2.05, 4.69) is 4.72 Å². The molecule has 1 aromatic rings. The number of hydrogen-bond acceptors (Lipinski definition) is 5. The monoisotopic (exact) mass is 327 g/mol. The normalized spacial score (nSPS) is 12.2. The highest BCUT2D eigenvalue weighted by molar-refractivity contribution is 8.13. The first kappa shape index (κ1) is 16.1. The van der Waals surface area contributed by atoms with Gasteiger partial charge in [-0.15, -0.1) is 0 Å². The van der Waals surface area contributed by atoms with Crippen LogP contribution >= 0.6 is 10.7 Å². The Labute approximate surface area is 117 Å². The van der Waals surface area contributed by atoms with Crippen molar-refractivity contribution in [2.75, 3.05) is 17.6 Å². The highest BCUT2D eigenvalue weighted by Crippen LogP contribution is 2.36. The predicted molar refractivity (Wildman–Crippen MR) is 73.9 cm³/mol. The van der Waals surface area contributed by atoms with Crippen LogP contribution in [-0.2, 0) is 19.1 Å². The van der Waals surface area contributed by atoms with Crippen LogP contribution in [0.1, 0.15) is 12.5 Å². The van der Waals surface area contributed by atoms with Gasteiger partial charge in [0.15, 0.2) is 5.75 Å². The third kappa shape index (κ3) is 3.99. The molecule has 0 radical (unpaired) electrons. The maximum Gasteiger partial charge on any atom is 0.265 e. The van der Waals surface area contributed by atoms with Gasteiger partial charge in [0.05, 0.1) is 18.6 Å². The van der Waals surface area contributed by atoms with Crippen molar-refractivity contribution in [3.05, 3.63) is 17.7 Å². The van der Waals surface area contributed by atoms with Crippen LogP contribution in [0.5, 0.6) is 5.75 Å². The van der Waals surface area contributed by atoms with Crippen molar-refractivity contribution in [2.24, 2.45) is 0 Å². The fraction of sp³-hybridized carbons (Fsp3) is 0.400. The molecule has 1 rings (SSSR count). The molecule has 19 heavy (non-hydrogen) atoms. The fourth-order valence-corrected chi connectivity index (χ4v) is 3.16. The first-order chi connectivity index (χ1) is 8.60. The van der Waals surface area contributed by atoms with Crippen LogP contribution in [-0.4, -0.2) is 29.7 Å². The summed E-state index contributed by atoms with van der Waals surface area (Å²) < 4.78 is 53.3. The van der Waals surface area contributed by atoms with Crippen LogP contribution in [0.3, 0.4) is 0 Å². The second-order valence-corrected chi connectivity index (χ2v) is 8.33. The Kier molecular flexibility index (Phi) is 4.70. The zero-order valence-electron chi connectivity index (χ0n) is 10.6. The summed E-state index contributed by atoms with van der Waals surface area (Å²) in [6.07, 6.45) is 0. The maximum atomic E-state index is 11.6. The second-order valence-electron chi connectivity index (χ2n) is 3.79. The van der Waals surface area contributed by atoms with Gasteiger partial charge in [-0.2, -0.15) is 0 Å². The molecule has 9 heteroatoms. The lowest BCUT2D eigenvalue weighted by Crippen LogP contribution is -2.16. The van der Waals surface area contributed by atoms with E-state index in [1.807, 2.05) is 0 Å². The molecule has 0 bridgehead atoms. The lowest BCUT2D eigenvalue weighted by molar-refractivity contribution is 0.405. The molecule has 0 atom stereocenters. The van der Waals surface area contributed by atoms with Crippen LogP contribution in [0.15, 0.2) is 17.0 Å². The molecule has 0 spiro atoms. The summed E-state index contributed by atoms with van der Waals surface area (Å²) >= 11 is 0. The van der Waals surface area contributed by atoms with Crippen molar-refractivity contribution in [3.63, 3.8) is 0 Å². The average molecular weight is 328 g/mol. The molecule has 1 N–H and O–H groups in total. The largest absolute Gasteiger partial charge is 0.493 e. The number of hydrogen-bond donors (Lipinski definition) is 1. The quantitative estimate of drug-likeness (QED) is 0.831. The summed E-state index contributed by atoms with van der Waals surface area (Å²) in [6, 6.07) is 2.78. The SMILES string of the molecule is CCS(=O)(=O)Nc1cc(C)cc(S(=O)(=O)Cl)c1OC. The van der Waals surface area contributed by atoms with Crippen molar-refractivity contribution in [1.29, 1.82) is 0 Å². The van der Waals surface area contributed by atoms with E-state index >= 15 is 0 Å². The molecular weight excluding hydrogens is 314 g/mol. The summed E-state index contributed by atoms with van der Waals surface area (Å²) in [7, 11) is -1.05. The molecule has 108 valence electrons. The van der Waals surface area contributed by atoms with E-state index < -0.39 is 19.1 Å². The maximum absolute atomic E-state index is 11.6. The van der Waals surface area contributed by atoms with Gasteiger partial charge in [0.1, 0.15) is 4.90 Å². The number of nitrogens with one attached hydrogen (secondary N) is 1. The van der Waals surface area contributed by atoms with Crippen molar-refractivity contribution in [3.8, 4) is 5.75 Å². The van der Waals surface area contributed by atoms with Gasteiger partial charge in [-0.3, -0.25) is 4.72 Å². The number of ether oxygens (including phenoxy) is 1. The predicted octanol–water partition coefficient (Wildman–Crippen LogP) is 1.69. The molecule has 0 unspecified atom stereocenters. The summed E-state index contributed by atoms with van der Waals surface area (Å²) in [5, 5.41) is 0. The Morgan fingerprint density at radius 3 is 2.26 bits per heavy atom. The molecule has 0 aliphatic rings. The highest BCUT2D eigenvalue weighted by atomic mass is 35.7. The van der Waals surface area contributed by atoms with Crippen LogP contribution in [0.2, 0.25) is 0 Å². The van der Waals surface area contributed by atoms with Crippen molar-refractivity contribution in [1.82, 2.24) is 0 Å². The van der Waals surface area contributed by atoms with E-state index in [1.54, 1.807) is 6.92 Å². The zero-order chi connectivity index (χ0) is 14.8. The minimum Gasteiger partial charge on any atom is -0.493 e. The van der Waals surface area contributed by atoms with E-state index in [0.29, 0.717) is 5.56 Å². The van der Waals surface area contributed by atoms with Gasteiger partial charge in [-0.25, -0.2) is 16.8 Å². The van der Waals surface area contributed by atoms with E-state index in [9.17, 15) is 16.8 Å². The molecule has 0 heterocycles. The van der Waals surface area contributed by atoms with E-state index in [1.165, 1.54) is 26.2 Å². The number of aryl methyl sites for hydroxylation is 1. The third-order valence-electron chi connectivity index (χ3n) is 2.31. The van der Waals surface area contributed by atoms with Crippen molar-refractivity contribution >= 4 is 35.4 Å². The molecule has 0 aliphatic heterocycles. The topological polar surface area (TPSA) is 89.5 Å². The Bertz CT molecular complexity index is 682. The molecule has 0 saturated heterocycles. The Morgan fingerprint density at radius 1 is 1.26 bits per heavy atom. The second kappa shape index (κ2) is 5.56. The van der Waals surface area contributed by atoms with Crippen molar-refractivity contribution in [2.45, 2.75) is 18.7 Å². The number of methoxy groups -OCH3 is 1. The standard InChI is InChI=1S/C10H14ClNO5S2/c1-4-18(13,14)12-8-5-7(2)6-9(10(8)17-3)19(11,15)16/h5-6,12H,4H2,1-3H3. The lowest BCUT2D eigenvalue weighted by Gasteiger charge is -2.14. The van der Waals surface area contributed by atoms with Crippen LogP contribution < -0.4 is 9.46 Å². The number of sulfonamides is 1. The van der Waals surface area contributed by atoms with Gasteiger partial charge in [0, 0.05) is 10.7 Å². The smallest absolute Gasteiger partial charge is 0.265 e. The third-order valence-corrected chi connectivity index (χ3v) is 4.93. The van der Waals surface area contributed by atoms with Gasteiger partial charge < -0.3 is 4.74 Å². The molecule has 0 amide bonds. The Hall–Kier alpha value is -0.990. The van der Waals surface area contributed by atoms with E-state index in [4.69, 9.17) is 15.4 Å². The number of anilines is 1. The molecule has 0 fully saturated rings. The van der Waals surface area contributed by atoms with Gasteiger partial charge in [0.2, 0.25) is 10.0 Å². The van der Waals surface area contributed by atoms with Crippen LogP contribution in [0.4, 0.5) is 5.69 Å². The first-order valence-electron chi connectivity index (χ1n) is 5.24. The zero-order valence-corrected chi connectivity index (χ0v) is 13.0. The summed E-state index contributed by atoms with van der Waals surface area (Å²) in [5.74, 6) is -0.273. The molecule has 0 aliphatic carbocycles. The van der Waals surface area contributed by atoms with Gasteiger partial charge in [0.25, 0.3) is 9.05 Å². The lowest BCUT2D eigenvalue weighted by atomic mass is 10.2. The summed E-state index contributed by atoms with van der Waals surface area (Å²) in [4.78, 5) is -0.273. The number of benzene rings is 1. The van der Waals surface area contributed by atoms with Crippen LogP contribution in [0.25, 0.3) is 0 Å². The highest BCUT2D eigenvalue weighted by Gasteiger charge is 2.22. The number of rotatable bonds is 5. The Balaban J connectivity index is 3.53. The minimum atomic E-state index is -4.04. The molecule has 0 aromatic heterocycles. The van der Waals surface area contributed by atoms with Crippen LogP contribution in [0, 0.1) is 6.92 Å². The van der Waals surface area contributed by atoms with Crippen molar-refractivity contribution < 1.29 is 21.6 Å². The minimum absolute atomic E-state index is 0.0450. The molecule has 6 nitrogen and oxygen atoms in total. The molecule has 1 aromatic carbocycles. The first-order valence-corrected chi connectivity index (χ1v) is 9.20. The average Bonchev–Trinajstić information content (AvgIpc) is 2.26. The van der Waals surface area contributed by atoms with E-state index in [-0.39, 0.29) is 22.1 Å². The van der Waals surface area contributed by atoms with Gasteiger partial charge in [-0.05, 0) is 31.5 Å². The molecule has 0 saturated carbocycles. The van der Waals surface area contributed by atoms with Gasteiger partial charge in [-0.1, -0.05) is 0 Å². The van der Waals surface area contributed by atoms with Gasteiger partial charge >= 0.3 is 0 Å². The Morgan fingerprint density at radius 2 is 1.84 bits per heavy atom. The molecular formula is C10H14ClNO5S2. The summed E-state index contributed by atoms with van der Waals surface area (Å²) in [5.41, 5.74) is 0.581. The summed E-state index contributed by atoms with van der Waals surface area (Å²) in [6.45, 7) is 3.08. The van der Waals surface area contributed by atoms with E-state index in [0.717, 1.165) is 0 Å². The fourth-order valence-electron chi connectivity index (χ4n) is 1.45.